The topological polar surface area (TPSA) is 65.5 Å². The second kappa shape index (κ2) is 8.42. The van der Waals surface area contributed by atoms with Gasteiger partial charge < -0.3 is 14.7 Å². The predicted molar refractivity (Wildman–Crippen MR) is 125 cm³/mol. The molecule has 0 radical (unpaired) electrons. The van der Waals surface area contributed by atoms with Gasteiger partial charge in [-0.2, -0.15) is 0 Å². The quantitative estimate of drug-likeness (QED) is 0.624. The van der Waals surface area contributed by atoms with Gasteiger partial charge in [0, 0.05) is 45.5 Å². The van der Waals surface area contributed by atoms with Crippen LogP contribution in [-0.2, 0) is 0 Å². The maximum Gasteiger partial charge on any atom is 0.264 e. The fourth-order valence-corrected chi connectivity index (χ4v) is 5.77. The molecule has 8 heteroatoms. The number of hydrogen-bond donors (Lipinski definition) is 0. The van der Waals surface area contributed by atoms with Gasteiger partial charge in [-0.3, -0.25) is 4.79 Å². The summed E-state index contributed by atoms with van der Waals surface area (Å²) in [6, 6.07) is 5.95. The minimum atomic E-state index is 0.114. The van der Waals surface area contributed by atoms with E-state index in [4.69, 9.17) is 4.98 Å². The first kappa shape index (κ1) is 20.2. The molecule has 2 aliphatic rings. The van der Waals surface area contributed by atoms with Gasteiger partial charge in [0.05, 0.1) is 10.3 Å². The Morgan fingerprint density at radius 1 is 0.935 bits per heavy atom. The fraction of sp³-hybridized carbons (Fsp3) is 0.478. The van der Waals surface area contributed by atoms with E-state index in [2.05, 4.69) is 26.7 Å². The molecule has 2 saturated heterocycles. The number of hydrogen-bond acceptors (Lipinski definition) is 7. The minimum Gasteiger partial charge on any atom is -0.356 e. The van der Waals surface area contributed by atoms with Gasteiger partial charge in [-0.05, 0) is 50.8 Å². The molecule has 0 saturated carbocycles. The first-order valence-electron chi connectivity index (χ1n) is 11.1. The molecular weight excluding hydrogens is 408 g/mol. The lowest BCUT2D eigenvalue weighted by molar-refractivity contribution is 0.0751. The largest absolute Gasteiger partial charge is 0.356 e. The molecule has 0 aromatic carbocycles. The third-order valence-corrected chi connectivity index (χ3v) is 7.45. The van der Waals surface area contributed by atoms with Crippen molar-refractivity contribution in [3.8, 4) is 0 Å². The molecule has 3 aromatic heterocycles. The number of nitrogens with zero attached hydrogens (tertiary/aromatic N) is 6. The summed E-state index contributed by atoms with van der Waals surface area (Å²) >= 11 is 1.52. The van der Waals surface area contributed by atoms with E-state index in [1.54, 1.807) is 0 Å². The maximum atomic E-state index is 13.4. The van der Waals surface area contributed by atoms with Crippen LogP contribution in [0.5, 0.6) is 0 Å². The number of fused-ring (bicyclic) bond motifs is 1. The SMILES string of the molecule is Cc1nc(N2CCCCC2)c2c(C)c(C(=O)N3CCN(c4ccccn4)CC3)sc2n1. The molecule has 0 unspecified atom stereocenters. The number of aromatic nitrogens is 3. The van der Waals surface area contributed by atoms with E-state index in [1.165, 1.54) is 30.6 Å². The first-order valence-corrected chi connectivity index (χ1v) is 11.9. The number of pyridine rings is 1. The van der Waals surface area contributed by atoms with Crippen LogP contribution in [0.1, 0.15) is 40.3 Å². The molecule has 0 atom stereocenters. The molecule has 0 spiro atoms. The Morgan fingerprint density at radius 2 is 1.71 bits per heavy atom. The Labute approximate surface area is 186 Å². The van der Waals surface area contributed by atoms with Gasteiger partial charge in [-0.15, -0.1) is 11.3 Å². The Kier molecular flexibility index (Phi) is 5.48. The standard InChI is InChI=1S/C23H28N6OS/c1-16-19-21(28-10-6-3-7-11-28)25-17(2)26-22(19)31-20(16)23(30)29-14-12-27(13-15-29)18-8-4-5-9-24-18/h4-5,8-9H,3,6-7,10-15H2,1-2H3. The molecule has 7 nitrogen and oxygen atoms in total. The number of thiophene rings is 1. The van der Waals surface area contributed by atoms with Gasteiger partial charge in [0.1, 0.15) is 22.3 Å². The molecule has 0 bridgehead atoms. The molecule has 2 aliphatic heterocycles. The second-order valence-corrected chi connectivity index (χ2v) is 9.34. The zero-order chi connectivity index (χ0) is 21.4. The highest BCUT2D eigenvalue weighted by Crippen LogP contribution is 2.37. The Hall–Kier alpha value is -2.74. The van der Waals surface area contributed by atoms with E-state index >= 15 is 0 Å². The smallest absolute Gasteiger partial charge is 0.264 e. The molecule has 2 fully saturated rings. The molecule has 3 aromatic rings. The molecule has 0 aliphatic carbocycles. The summed E-state index contributed by atoms with van der Waals surface area (Å²) < 4.78 is 0. The lowest BCUT2D eigenvalue weighted by Gasteiger charge is -2.35. The van der Waals surface area contributed by atoms with Crippen molar-refractivity contribution in [2.24, 2.45) is 0 Å². The van der Waals surface area contributed by atoms with Crippen molar-refractivity contribution < 1.29 is 4.79 Å². The molecule has 1 amide bonds. The third kappa shape index (κ3) is 3.84. The lowest BCUT2D eigenvalue weighted by Crippen LogP contribution is -2.49. The van der Waals surface area contributed by atoms with Gasteiger partial charge in [-0.1, -0.05) is 6.07 Å². The number of piperidine rings is 1. The number of carbonyl (C=O) groups is 1. The van der Waals surface area contributed by atoms with Crippen molar-refractivity contribution in [2.75, 3.05) is 49.1 Å². The van der Waals surface area contributed by atoms with Crippen molar-refractivity contribution in [3.05, 3.63) is 40.7 Å². The number of carbonyl (C=O) groups excluding carboxylic acids is 1. The highest BCUT2D eigenvalue weighted by molar-refractivity contribution is 7.20. The van der Waals surface area contributed by atoms with Crippen LogP contribution in [0.2, 0.25) is 0 Å². The van der Waals surface area contributed by atoms with Gasteiger partial charge in [0.2, 0.25) is 0 Å². The fourth-order valence-electron chi connectivity index (χ4n) is 4.58. The predicted octanol–water partition coefficient (Wildman–Crippen LogP) is 3.66. The van der Waals surface area contributed by atoms with Crippen LogP contribution in [0.3, 0.4) is 0 Å². The van der Waals surface area contributed by atoms with E-state index < -0.39 is 0 Å². The molecule has 162 valence electrons. The van der Waals surface area contributed by atoms with E-state index in [1.807, 2.05) is 36.2 Å². The third-order valence-electron chi connectivity index (χ3n) is 6.27. The number of amides is 1. The van der Waals surface area contributed by atoms with Gasteiger partial charge in [0.25, 0.3) is 5.91 Å². The highest BCUT2D eigenvalue weighted by atomic mass is 32.1. The second-order valence-electron chi connectivity index (χ2n) is 8.35. The summed E-state index contributed by atoms with van der Waals surface area (Å²) in [5.41, 5.74) is 1.03. The normalized spacial score (nSPS) is 17.4. The number of aryl methyl sites for hydroxylation is 2. The van der Waals surface area contributed by atoms with Crippen molar-refractivity contribution in [1.82, 2.24) is 19.9 Å². The van der Waals surface area contributed by atoms with Gasteiger partial charge in [0.15, 0.2) is 0 Å². The zero-order valence-corrected chi connectivity index (χ0v) is 19.0. The number of anilines is 2. The van der Waals surface area contributed by atoms with Gasteiger partial charge in [-0.25, -0.2) is 15.0 Å². The van der Waals surface area contributed by atoms with E-state index in [0.717, 1.165) is 64.3 Å². The van der Waals surface area contributed by atoms with Crippen LogP contribution < -0.4 is 9.80 Å². The molecule has 0 N–H and O–H groups in total. The van der Waals surface area contributed by atoms with Crippen LogP contribution in [0.4, 0.5) is 11.6 Å². The van der Waals surface area contributed by atoms with Gasteiger partial charge >= 0.3 is 0 Å². The first-order chi connectivity index (χ1) is 15.1. The molecule has 5 rings (SSSR count). The number of rotatable bonds is 3. The Balaban J connectivity index is 1.40. The van der Waals surface area contributed by atoms with E-state index in [-0.39, 0.29) is 5.91 Å². The lowest BCUT2D eigenvalue weighted by atomic mass is 10.1. The highest BCUT2D eigenvalue weighted by Gasteiger charge is 2.28. The minimum absolute atomic E-state index is 0.114. The van der Waals surface area contributed by atoms with Crippen LogP contribution in [0.15, 0.2) is 24.4 Å². The van der Waals surface area contributed by atoms with Crippen LogP contribution in [-0.4, -0.2) is 65.0 Å². The Morgan fingerprint density at radius 3 is 2.42 bits per heavy atom. The Bertz CT molecular complexity index is 1080. The summed E-state index contributed by atoms with van der Waals surface area (Å²) in [5.74, 6) is 2.88. The van der Waals surface area contributed by atoms with E-state index in [0.29, 0.717) is 13.1 Å². The zero-order valence-electron chi connectivity index (χ0n) is 18.2. The molecule has 31 heavy (non-hydrogen) atoms. The van der Waals surface area contributed by atoms with Crippen molar-refractivity contribution in [3.63, 3.8) is 0 Å². The monoisotopic (exact) mass is 436 g/mol. The summed E-state index contributed by atoms with van der Waals surface area (Å²) in [4.78, 5) is 35.7. The van der Waals surface area contributed by atoms with Crippen LogP contribution in [0.25, 0.3) is 10.2 Å². The summed E-state index contributed by atoms with van der Waals surface area (Å²) in [6.07, 6.45) is 5.48. The van der Waals surface area contributed by atoms with Crippen LogP contribution >= 0.6 is 11.3 Å². The van der Waals surface area contributed by atoms with Crippen molar-refractivity contribution in [2.45, 2.75) is 33.1 Å². The molecular formula is C23H28N6OS. The summed E-state index contributed by atoms with van der Waals surface area (Å²) in [5, 5.41) is 1.06. The maximum absolute atomic E-state index is 13.4. The van der Waals surface area contributed by atoms with Crippen LogP contribution in [0, 0.1) is 13.8 Å². The molecule has 5 heterocycles. The average Bonchev–Trinajstić information content (AvgIpc) is 3.15. The van der Waals surface area contributed by atoms with E-state index in [9.17, 15) is 4.79 Å². The van der Waals surface area contributed by atoms with Crippen molar-refractivity contribution in [1.29, 1.82) is 0 Å². The summed E-state index contributed by atoms with van der Waals surface area (Å²) in [7, 11) is 0. The van der Waals surface area contributed by atoms with Crippen molar-refractivity contribution >= 4 is 39.1 Å². The summed E-state index contributed by atoms with van der Waals surface area (Å²) in [6.45, 7) is 9.05. The number of piperazine rings is 1. The average molecular weight is 437 g/mol.